The summed E-state index contributed by atoms with van der Waals surface area (Å²) in [5.41, 5.74) is -0.703. The van der Waals surface area contributed by atoms with E-state index in [-0.39, 0.29) is 0 Å². The molecule has 0 aliphatic heterocycles. The van der Waals surface area contributed by atoms with Gasteiger partial charge in [-0.25, -0.2) is 0 Å². The van der Waals surface area contributed by atoms with Gasteiger partial charge in [-0.1, -0.05) is 18.2 Å². The molecular weight excluding hydrogens is 270 g/mol. The standard InChI is InChI=1S/C10H16O.Cl2HO2P/c1-4-7-10(11,8-5-2)9-6-3;1-5(2,3)4/h4-6,11H,1-3,7-9H2;(H,3,4). The third-order valence-corrected chi connectivity index (χ3v) is 1.57. The number of rotatable bonds is 6. The van der Waals surface area contributed by atoms with Gasteiger partial charge in [0.05, 0.1) is 5.60 Å². The number of hydrogen-bond donors (Lipinski definition) is 2. The van der Waals surface area contributed by atoms with Crippen LogP contribution in [-0.4, -0.2) is 15.6 Å². The van der Waals surface area contributed by atoms with Gasteiger partial charge in [0.15, 0.2) is 0 Å². The fourth-order valence-corrected chi connectivity index (χ4v) is 1.06. The average Bonchev–Trinajstić information content (AvgIpc) is 2.01. The highest BCUT2D eigenvalue weighted by Crippen LogP contribution is 2.51. The Morgan fingerprint density at radius 3 is 1.38 bits per heavy atom. The Hall–Kier alpha value is -0.0500. The predicted molar refractivity (Wildman–Crippen MR) is 70.9 cm³/mol. The molecule has 0 heterocycles. The number of halogens is 2. The minimum Gasteiger partial charge on any atom is -0.389 e. The second-order valence-electron chi connectivity index (χ2n) is 3.14. The average molecular weight is 287 g/mol. The molecule has 6 heteroatoms. The molecule has 0 saturated heterocycles. The van der Waals surface area contributed by atoms with Crippen molar-refractivity contribution in [2.24, 2.45) is 0 Å². The minimum absolute atomic E-state index is 0.588. The lowest BCUT2D eigenvalue weighted by Crippen LogP contribution is -2.25. The molecule has 0 spiro atoms. The lowest BCUT2D eigenvalue weighted by Gasteiger charge is -2.23. The van der Waals surface area contributed by atoms with Gasteiger partial charge in [0.25, 0.3) is 0 Å². The van der Waals surface area contributed by atoms with Crippen LogP contribution in [0.5, 0.6) is 0 Å². The number of hydrogen-bond acceptors (Lipinski definition) is 2. The van der Waals surface area contributed by atoms with E-state index >= 15 is 0 Å². The van der Waals surface area contributed by atoms with E-state index in [1.807, 2.05) is 0 Å². The lowest BCUT2D eigenvalue weighted by atomic mass is 9.92. The van der Waals surface area contributed by atoms with E-state index in [2.05, 4.69) is 42.2 Å². The van der Waals surface area contributed by atoms with Gasteiger partial charge < -0.3 is 10.00 Å². The van der Waals surface area contributed by atoms with Gasteiger partial charge in [-0.05, 0) is 41.7 Å². The Bertz CT molecular complexity index is 238. The molecule has 0 amide bonds. The highest BCUT2D eigenvalue weighted by Gasteiger charge is 2.21. The molecule has 0 rings (SSSR count). The summed E-state index contributed by atoms with van der Waals surface area (Å²) in [4.78, 5) is 7.61. The second-order valence-corrected chi connectivity index (χ2v) is 7.28. The Balaban J connectivity index is 0. The molecule has 3 nitrogen and oxygen atoms in total. The normalized spacial score (nSPS) is 11.0. The molecule has 0 fully saturated rings. The van der Waals surface area contributed by atoms with Crippen LogP contribution < -0.4 is 0 Å². The van der Waals surface area contributed by atoms with Crippen LogP contribution in [0.3, 0.4) is 0 Å². The molecular formula is C10H17Cl2O3P. The third-order valence-electron chi connectivity index (χ3n) is 1.57. The molecule has 0 aliphatic rings. The molecule has 0 unspecified atom stereocenters. The molecule has 0 aliphatic carbocycles. The molecule has 0 aromatic rings. The van der Waals surface area contributed by atoms with E-state index < -0.39 is 11.7 Å². The molecule has 0 bridgehead atoms. The Kier molecular flexibility index (Phi) is 10.3. The van der Waals surface area contributed by atoms with Gasteiger partial charge in [0.1, 0.15) is 0 Å². The summed E-state index contributed by atoms with van der Waals surface area (Å²) >= 11 is 8.81. The first-order chi connectivity index (χ1) is 7.18. The summed E-state index contributed by atoms with van der Waals surface area (Å²) < 4.78 is 9.30. The highest BCUT2D eigenvalue weighted by atomic mass is 35.9. The van der Waals surface area contributed by atoms with Crippen molar-refractivity contribution in [3.05, 3.63) is 38.0 Å². The first-order valence-electron chi connectivity index (χ1n) is 4.45. The molecule has 0 radical (unpaired) electrons. The fraction of sp³-hybridized carbons (Fsp3) is 0.400. The van der Waals surface area contributed by atoms with Crippen molar-refractivity contribution in [2.75, 3.05) is 0 Å². The van der Waals surface area contributed by atoms with E-state index in [1.165, 1.54) is 0 Å². The van der Waals surface area contributed by atoms with Crippen LogP contribution in [-0.2, 0) is 4.57 Å². The molecule has 0 aromatic carbocycles. The van der Waals surface area contributed by atoms with E-state index in [9.17, 15) is 9.67 Å². The maximum absolute atomic E-state index is 9.80. The van der Waals surface area contributed by atoms with Gasteiger partial charge in [0, 0.05) is 0 Å². The van der Waals surface area contributed by atoms with Gasteiger partial charge in [-0.3, -0.25) is 4.57 Å². The van der Waals surface area contributed by atoms with Gasteiger partial charge in [-0.15, -0.1) is 19.7 Å². The van der Waals surface area contributed by atoms with Gasteiger partial charge in [-0.2, -0.15) is 0 Å². The molecule has 2 N–H and O–H groups in total. The van der Waals surface area contributed by atoms with Crippen molar-refractivity contribution < 1.29 is 14.6 Å². The third kappa shape index (κ3) is 16.4. The van der Waals surface area contributed by atoms with Gasteiger partial charge >= 0.3 is 6.07 Å². The maximum atomic E-state index is 9.80. The quantitative estimate of drug-likeness (QED) is 0.573. The van der Waals surface area contributed by atoms with Crippen LogP contribution in [0.1, 0.15) is 19.3 Å². The predicted octanol–water partition coefficient (Wildman–Crippen LogP) is 4.01. The summed E-state index contributed by atoms with van der Waals surface area (Å²) in [7, 11) is 0. The van der Waals surface area contributed by atoms with E-state index in [0.717, 1.165) is 0 Å². The van der Waals surface area contributed by atoms with Crippen LogP contribution in [0.4, 0.5) is 0 Å². The minimum atomic E-state index is -3.69. The van der Waals surface area contributed by atoms with Crippen molar-refractivity contribution in [2.45, 2.75) is 24.9 Å². The van der Waals surface area contributed by atoms with Crippen molar-refractivity contribution in [3.8, 4) is 0 Å². The van der Waals surface area contributed by atoms with E-state index in [4.69, 9.17) is 4.89 Å². The zero-order chi connectivity index (χ0) is 13.2. The summed E-state index contributed by atoms with van der Waals surface area (Å²) in [5, 5.41) is 9.80. The van der Waals surface area contributed by atoms with Crippen LogP contribution in [0.2, 0.25) is 0 Å². The van der Waals surface area contributed by atoms with Crippen molar-refractivity contribution in [1.29, 1.82) is 0 Å². The highest BCUT2D eigenvalue weighted by molar-refractivity contribution is 8.04. The molecule has 16 heavy (non-hydrogen) atoms. The van der Waals surface area contributed by atoms with Crippen LogP contribution in [0.15, 0.2) is 38.0 Å². The van der Waals surface area contributed by atoms with Crippen LogP contribution in [0.25, 0.3) is 0 Å². The largest absolute Gasteiger partial charge is 0.389 e. The van der Waals surface area contributed by atoms with E-state index in [1.54, 1.807) is 18.2 Å². The number of aliphatic hydroxyl groups is 1. The zero-order valence-corrected chi connectivity index (χ0v) is 11.4. The monoisotopic (exact) mass is 286 g/mol. The van der Waals surface area contributed by atoms with Crippen LogP contribution >= 0.6 is 28.6 Å². The summed E-state index contributed by atoms with van der Waals surface area (Å²) in [6.07, 6.45) is 3.22. The summed E-state index contributed by atoms with van der Waals surface area (Å²) in [6.45, 7) is 10.7. The molecule has 94 valence electrons. The summed E-state index contributed by atoms with van der Waals surface area (Å²) in [5.74, 6) is 0. The maximum Gasteiger partial charge on any atom is 0.377 e. The molecule has 0 atom stereocenters. The van der Waals surface area contributed by atoms with Crippen molar-refractivity contribution >= 4 is 28.6 Å². The second kappa shape index (κ2) is 9.03. The summed E-state index contributed by atoms with van der Waals surface area (Å²) in [6, 6.07) is 0. The first-order valence-corrected chi connectivity index (χ1v) is 7.92. The Labute approximate surface area is 106 Å². The Morgan fingerprint density at radius 2 is 1.25 bits per heavy atom. The first kappa shape index (κ1) is 18.3. The van der Waals surface area contributed by atoms with Crippen molar-refractivity contribution in [1.82, 2.24) is 0 Å². The zero-order valence-electron chi connectivity index (χ0n) is 8.98. The van der Waals surface area contributed by atoms with Crippen LogP contribution in [0, 0.1) is 0 Å². The van der Waals surface area contributed by atoms with E-state index in [0.29, 0.717) is 19.3 Å². The SMILES string of the molecule is C=CCC(O)(CC=C)CC=C.O=P(O)(Cl)Cl. The van der Waals surface area contributed by atoms with Crippen molar-refractivity contribution in [3.63, 3.8) is 0 Å². The molecule has 0 saturated carbocycles. The van der Waals surface area contributed by atoms with Gasteiger partial charge in [0.2, 0.25) is 0 Å². The lowest BCUT2D eigenvalue weighted by molar-refractivity contribution is 0.0496. The fourth-order valence-electron chi connectivity index (χ4n) is 1.06. The topological polar surface area (TPSA) is 57.5 Å². The molecule has 0 aromatic heterocycles. The smallest absolute Gasteiger partial charge is 0.377 e. The Morgan fingerprint density at radius 1 is 1.06 bits per heavy atom.